The van der Waals surface area contributed by atoms with Crippen LogP contribution in [0.1, 0.15) is 72.6 Å². The van der Waals surface area contributed by atoms with E-state index in [0.29, 0.717) is 23.5 Å². The highest BCUT2D eigenvalue weighted by molar-refractivity contribution is 5.93. The van der Waals surface area contributed by atoms with Crippen molar-refractivity contribution in [3.8, 4) is 5.75 Å². The number of ether oxygens (including phenoxy) is 3. The maximum absolute atomic E-state index is 13.3. The SMILES string of the molecule is CCOc1cc(CC(=O)NC(COC(=O)CC)c2ccccc2N2CCCCC2)ccc1C(=O)OCc1ccccc1. The molecule has 4 rings (SSSR count). The van der Waals surface area contributed by atoms with Crippen molar-refractivity contribution in [1.82, 2.24) is 5.32 Å². The van der Waals surface area contributed by atoms with E-state index in [1.54, 1.807) is 25.1 Å². The number of benzene rings is 3. The third-order valence-electron chi connectivity index (χ3n) is 7.19. The van der Waals surface area contributed by atoms with Gasteiger partial charge in [-0.3, -0.25) is 9.59 Å². The minimum absolute atomic E-state index is 0.0413. The number of para-hydroxylation sites is 1. The van der Waals surface area contributed by atoms with E-state index < -0.39 is 12.0 Å². The van der Waals surface area contributed by atoms with Gasteiger partial charge in [0.25, 0.3) is 0 Å². The zero-order chi connectivity index (χ0) is 29.7. The van der Waals surface area contributed by atoms with E-state index in [1.165, 1.54) is 6.42 Å². The van der Waals surface area contributed by atoms with Crippen molar-refractivity contribution in [2.45, 2.75) is 58.6 Å². The molecule has 1 heterocycles. The lowest BCUT2D eigenvalue weighted by molar-refractivity contribution is -0.144. The molecule has 3 aromatic rings. The molecule has 1 aliphatic heterocycles. The van der Waals surface area contributed by atoms with Crippen LogP contribution in [-0.2, 0) is 32.1 Å². The minimum Gasteiger partial charge on any atom is -0.493 e. The van der Waals surface area contributed by atoms with Crippen molar-refractivity contribution in [2.24, 2.45) is 0 Å². The van der Waals surface area contributed by atoms with Gasteiger partial charge in [0.2, 0.25) is 5.91 Å². The van der Waals surface area contributed by atoms with Gasteiger partial charge in [0, 0.05) is 30.8 Å². The minimum atomic E-state index is -0.510. The second-order valence-electron chi connectivity index (χ2n) is 10.3. The second kappa shape index (κ2) is 15.6. The molecule has 0 spiro atoms. The number of piperidine rings is 1. The Balaban J connectivity index is 1.48. The Morgan fingerprint density at radius 3 is 2.33 bits per heavy atom. The molecule has 1 atom stereocenters. The number of carbonyl (C=O) groups is 3. The van der Waals surface area contributed by atoms with Crippen molar-refractivity contribution < 1.29 is 28.6 Å². The Morgan fingerprint density at radius 1 is 0.857 bits per heavy atom. The largest absolute Gasteiger partial charge is 0.493 e. The molecule has 1 saturated heterocycles. The van der Waals surface area contributed by atoms with Crippen molar-refractivity contribution in [2.75, 3.05) is 31.2 Å². The van der Waals surface area contributed by atoms with E-state index in [2.05, 4.69) is 16.3 Å². The summed E-state index contributed by atoms with van der Waals surface area (Å²) >= 11 is 0. The van der Waals surface area contributed by atoms with E-state index in [1.807, 2.05) is 55.5 Å². The molecule has 0 saturated carbocycles. The molecular formula is C34H40N2O6. The van der Waals surface area contributed by atoms with Crippen LogP contribution >= 0.6 is 0 Å². The molecule has 1 aliphatic rings. The highest BCUT2D eigenvalue weighted by Crippen LogP contribution is 2.30. The lowest BCUT2D eigenvalue weighted by atomic mass is 10.0. The average molecular weight is 573 g/mol. The Hall–Kier alpha value is -4.33. The zero-order valence-electron chi connectivity index (χ0n) is 24.5. The summed E-state index contributed by atoms with van der Waals surface area (Å²) < 4.78 is 16.7. The molecule has 42 heavy (non-hydrogen) atoms. The van der Waals surface area contributed by atoms with Gasteiger partial charge in [0.15, 0.2) is 0 Å². The fourth-order valence-corrected chi connectivity index (χ4v) is 5.04. The number of hydrogen-bond acceptors (Lipinski definition) is 7. The summed E-state index contributed by atoms with van der Waals surface area (Å²) in [7, 11) is 0. The van der Waals surface area contributed by atoms with E-state index >= 15 is 0 Å². The van der Waals surface area contributed by atoms with E-state index in [0.717, 1.165) is 42.7 Å². The number of anilines is 1. The number of hydrogen-bond donors (Lipinski definition) is 1. The molecular weight excluding hydrogens is 532 g/mol. The summed E-state index contributed by atoms with van der Waals surface area (Å²) in [5.74, 6) is -0.682. The van der Waals surface area contributed by atoms with Crippen LogP contribution in [0.4, 0.5) is 5.69 Å². The van der Waals surface area contributed by atoms with Crippen LogP contribution in [0.25, 0.3) is 0 Å². The maximum Gasteiger partial charge on any atom is 0.342 e. The van der Waals surface area contributed by atoms with Gasteiger partial charge in [-0.15, -0.1) is 0 Å². The number of esters is 2. The quantitative estimate of drug-likeness (QED) is 0.259. The fourth-order valence-electron chi connectivity index (χ4n) is 5.04. The zero-order valence-corrected chi connectivity index (χ0v) is 24.5. The Kier molecular flexibility index (Phi) is 11.4. The highest BCUT2D eigenvalue weighted by Gasteiger charge is 2.24. The van der Waals surface area contributed by atoms with Gasteiger partial charge in [0.1, 0.15) is 24.5 Å². The summed E-state index contributed by atoms with van der Waals surface area (Å²) in [6.45, 7) is 6.03. The lowest BCUT2D eigenvalue weighted by Gasteiger charge is -2.32. The molecule has 0 aliphatic carbocycles. The number of carbonyl (C=O) groups excluding carboxylic acids is 3. The molecule has 1 N–H and O–H groups in total. The maximum atomic E-state index is 13.3. The topological polar surface area (TPSA) is 94.2 Å². The van der Waals surface area contributed by atoms with E-state index in [4.69, 9.17) is 14.2 Å². The third-order valence-corrected chi connectivity index (χ3v) is 7.19. The molecule has 0 radical (unpaired) electrons. The van der Waals surface area contributed by atoms with Crippen molar-refractivity contribution in [3.05, 3.63) is 95.1 Å². The monoisotopic (exact) mass is 572 g/mol. The molecule has 222 valence electrons. The number of nitrogens with one attached hydrogen (secondary N) is 1. The standard InChI is InChI=1S/C34H40N2O6/c1-3-33(38)41-24-29(27-15-9-10-16-30(27)36-19-11-6-12-20-36)35-32(37)22-26-17-18-28(31(21-26)40-4-2)34(39)42-23-25-13-7-5-8-14-25/h5,7-10,13-18,21,29H,3-4,6,11-12,19-20,22-24H2,1-2H3,(H,35,37). The van der Waals surface area contributed by atoms with Crippen molar-refractivity contribution >= 4 is 23.5 Å². The van der Waals surface area contributed by atoms with Gasteiger partial charge in [-0.1, -0.05) is 61.5 Å². The molecule has 1 amide bonds. The van der Waals surface area contributed by atoms with Gasteiger partial charge >= 0.3 is 11.9 Å². The summed E-state index contributed by atoms with van der Waals surface area (Å²) in [5, 5.41) is 3.09. The van der Waals surface area contributed by atoms with Gasteiger partial charge in [0.05, 0.1) is 19.1 Å². The lowest BCUT2D eigenvalue weighted by Crippen LogP contribution is -2.36. The molecule has 3 aromatic carbocycles. The van der Waals surface area contributed by atoms with E-state index in [9.17, 15) is 14.4 Å². The van der Waals surface area contributed by atoms with Crippen LogP contribution in [0.2, 0.25) is 0 Å². The van der Waals surface area contributed by atoms with Gasteiger partial charge in [-0.2, -0.15) is 0 Å². The molecule has 1 unspecified atom stereocenters. The predicted octanol–water partition coefficient (Wildman–Crippen LogP) is 5.79. The summed E-state index contributed by atoms with van der Waals surface area (Å²) in [4.78, 5) is 40.5. The number of nitrogens with zero attached hydrogens (tertiary/aromatic N) is 1. The Bertz CT molecular complexity index is 1340. The van der Waals surface area contributed by atoms with Crippen LogP contribution < -0.4 is 15.0 Å². The van der Waals surface area contributed by atoms with Crippen LogP contribution in [-0.4, -0.2) is 44.1 Å². The summed E-state index contributed by atoms with van der Waals surface area (Å²) in [6.07, 6.45) is 3.76. The Morgan fingerprint density at radius 2 is 1.60 bits per heavy atom. The van der Waals surface area contributed by atoms with Crippen LogP contribution in [0, 0.1) is 0 Å². The van der Waals surface area contributed by atoms with Gasteiger partial charge in [-0.05, 0) is 55.5 Å². The molecule has 0 bridgehead atoms. The first-order valence-corrected chi connectivity index (χ1v) is 14.7. The number of rotatable bonds is 13. The van der Waals surface area contributed by atoms with Gasteiger partial charge < -0.3 is 24.4 Å². The third kappa shape index (κ3) is 8.59. The van der Waals surface area contributed by atoms with Gasteiger partial charge in [-0.25, -0.2) is 4.79 Å². The number of amides is 1. The van der Waals surface area contributed by atoms with Crippen LogP contribution in [0.15, 0.2) is 72.8 Å². The summed E-state index contributed by atoms with van der Waals surface area (Å²) in [5.41, 5.74) is 3.84. The van der Waals surface area contributed by atoms with Crippen LogP contribution in [0.5, 0.6) is 5.75 Å². The van der Waals surface area contributed by atoms with Crippen LogP contribution in [0.3, 0.4) is 0 Å². The highest BCUT2D eigenvalue weighted by atomic mass is 16.5. The summed E-state index contributed by atoms with van der Waals surface area (Å²) in [6, 6.07) is 22.0. The molecule has 1 fully saturated rings. The molecule has 0 aromatic heterocycles. The average Bonchev–Trinajstić information content (AvgIpc) is 3.03. The molecule has 8 nitrogen and oxygen atoms in total. The van der Waals surface area contributed by atoms with Crippen molar-refractivity contribution in [1.29, 1.82) is 0 Å². The smallest absolute Gasteiger partial charge is 0.342 e. The first-order valence-electron chi connectivity index (χ1n) is 14.7. The second-order valence-corrected chi connectivity index (χ2v) is 10.3. The predicted molar refractivity (Wildman–Crippen MR) is 162 cm³/mol. The van der Waals surface area contributed by atoms with Crippen molar-refractivity contribution in [3.63, 3.8) is 0 Å². The fraction of sp³-hybridized carbons (Fsp3) is 0.382. The molecule has 8 heteroatoms. The first-order chi connectivity index (χ1) is 20.5. The first kappa shape index (κ1) is 30.6. The Labute approximate surface area is 248 Å². The van der Waals surface area contributed by atoms with E-state index in [-0.39, 0.29) is 37.9 Å². The normalized spacial score (nSPS) is 13.6.